The highest BCUT2D eigenvalue weighted by atomic mass is 32.1. The first-order chi connectivity index (χ1) is 9.65. The second-order valence-electron chi connectivity index (χ2n) is 4.74. The maximum Gasteiger partial charge on any atom is 0.265 e. The van der Waals surface area contributed by atoms with Gasteiger partial charge in [-0.3, -0.25) is 4.79 Å². The fourth-order valence-electron chi connectivity index (χ4n) is 2.21. The number of anilines is 2. The highest BCUT2D eigenvalue weighted by molar-refractivity contribution is 7.18. The summed E-state index contributed by atoms with van der Waals surface area (Å²) in [5.41, 5.74) is 5.88. The van der Waals surface area contributed by atoms with Crippen LogP contribution in [0.25, 0.3) is 0 Å². The Balaban J connectivity index is 2.05. The molecule has 1 fully saturated rings. The normalized spacial score (nSPS) is 16.1. The van der Waals surface area contributed by atoms with Crippen LogP contribution in [-0.4, -0.2) is 43.2 Å². The van der Waals surface area contributed by atoms with E-state index in [-0.39, 0.29) is 11.9 Å². The maximum atomic E-state index is 12.3. The summed E-state index contributed by atoms with van der Waals surface area (Å²) in [5.74, 6) is 0.201. The molecule has 0 aromatic carbocycles. The number of amides is 1. The van der Waals surface area contributed by atoms with Gasteiger partial charge in [0.1, 0.15) is 10.7 Å². The van der Waals surface area contributed by atoms with E-state index in [9.17, 15) is 4.79 Å². The van der Waals surface area contributed by atoms with E-state index < -0.39 is 0 Å². The predicted molar refractivity (Wildman–Crippen MR) is 81.4 cm³/mol. The van der Waals surface area contributed by atoms with E-state index in [1.165, 1.54) is 11.3 Å². The zero-order chi connectivity index (χ0) is 14.5. The lowest BCUT2D eigenvalue weighted by molar-refractivity contribution is 0.0698. The number of hydrogen-bond donors (Lipinski definition) is 2. The number of ether oxygens (including phenoxy) is 1. The first-order valence-electron chi connectivity index (χ1n) is 7.05. The van der Waals surface area contributed by atoms with E-state index >= 15 is 0 Å². The largest absolute Gasteiger partial charge is 0.382 e. The Hall–Kier alpha value is -1.34. The molecule has 7 heteroatoms. The third-order valence-corrected chi connectivity index (χ3v) is 4.57. The first kappa shape index (κ1) is 15.1. The average Bonchev–Trinajstić information content (AvgIpc) is 2.83. The van der Waals surface area contributed by atoms with Gasteiger partial charge < -0.3 is 20.7 Å². The van der Waals surface area contributed by atoms with Crippen molar-refractivity contribution in [3.05, 3.63) is 4.88 Å². The molecule has 1 aromatic heterocycles. The summed E-state index contributed by atoms with van der Waals surface area (Å²) >= 11 is 1.36. The molecule has 0 spiro atoms. The number of nitrogens with zero attached hydrogens (tertiary/aromatic N) is 2. The quantitative estimate of drug-likeness (QED) is 0.860. The van der Waals surface area contributed by atoms with Crippen LogP contribution in [0.5, 0.6) is 0 Å². The van der Waals surface area contributed by atoms with Crippen molar-refractivity contribution in [2.45, 2.75) is 32.7 Å². The Bertz CT molecular complexity index is 453. The van der Waals surface area contributed by atoms with Crippen LogP contribution in [0.15, 0.2) is 0 Å². The molecule has 0 radical (unpaired) electrons. The summed E-state index contributed by atoms with van der Waals surface area (Å²) < 4.78 is 5.28. The van der Waals surface area contributed by atoms with Crippen molar-refractivity contribution in [2.24, 2.45) is 0 Å². The maximum absolute atomic E-state index is 12.3. The van der Waals surface area contributed by atoms with Crippen molar-refractivity contribution >= 4 is 28.2 Å². The van der Waals surface area contributed by atoms with Gasteiger partial charge >= 0.3 is 0 Å². The standard InChI is InChI=1S/C13H22N4O2S/c1-3-17(4-2)13-16-11(14)10(20-13)12(18)15-9-5-7-19-8-6-9/h9H,3-8,14H2,1-2H3,(H,15,18). The molecule has 20 heavy (non-hydrogen) atoms. The fourth-order valence-corrected chi connectivity index (χ4v) is 3.22. The minimum absolute atomic E-state index is 0.120. The summed E-state index contributed by atoms with van der Waals surface area (Å²) in [4.78, 5) is 19.2. The molecule has 2 rings (SSSR count). The number of thiazole rings is 1. The number of aromatic nitrogens is 1. The van der Waals surface area contributed by atoms with Crippen LogP contribution in [0.1, 0.15) is 36.4 Å². The van der Waals surface area contributed by atoms with Crippen molar-refractivity contribution in [2.75, 3.05) is 36.9 Å². The second kappa shape index (κ2) is 6.90. The minimum Gasteiger partial charge on any atom is -0.382 e. The summed E-state index contributed by atoms with van der Waals surface area (Å²) in [7, 11) is 0. The number of nitrogens with two attached hydrogens (primary N) is 1. The van der Waals surface area contributed by atoms with E-state index in [0.717, 1.165) is 31.1 Å². The molecule has 1 saturated heterocycles. The lowest BCUT2D eigenvalue weighted by Gasteiger charge is -2.22. The van der Waals surface area contributed by atoms with Crippen LogP contribution in [-0.2, 0) is 4.74 Å². The summed E-state index contributed by atoms with van der Waals surface area (Å²) in [6.45, 7) is 7.22. The number of carbonyl (C=O) groups excluding carboxylic acids is 1. The zero-order valence-corrected chi connectivity index (χ0v) is 12.8. The van der Waals surface area contributed by atoms with Crippen LogP contribution in [0.4, 0.5) is 10.9 Å². The summed E-state index contributed by atoms with van der Waals surface area (Å²) in [5, 5.41) is 3.83. The third kappa shape index (κ3) is 3.40. The predicted octanol–water partition coefficient (Wildman–Crippen LogP) is 1.48. The number of carbonyl (C=O) groups is 1. The Kier molecular flexibility index (Phi) is 5.19. The van der Waals surface area contributed by atoms with Gasteiger partial charge in [-0.25, -0.2) is 4.98 Å². The van der Waals surface area contributed by atoms with Crippen molar-refractivity contribution in [3.8, 4) is 0 Å². The van der Waals surface area contributed by atoms with Crippen molar-refractivity contribution < 1.29 is 9.53 Å². The molecule has 1 aromatic rings. The average molecular weight is 298 g/mol. The molecule has 0 unspecified atom stereocenters. The van der Waals surface area contributed by atoms with Crippen LogP contribution in [0.2, 0.25) is 0 Å². The van der Waals surface area contributed by atoms with Gasteiger partial charge in [-0.2, -0.15) is 0 Å². The lowest BCUT2D eigenvalue weighted by Crippen LogP contribution is -2.38. The molecule has 0 aliphatic carbocycles. The van der Waals surface area contributed by atoms with Crippen LogP contribution >= 0.6 is 11.3 Å². The Morgan fingerprint density at radius 3 is 2.70 bits per heavy atom. The molecule has 6 nitrogen and oxygen atoms in total. The van der Waals surface area contributed by atoms with Crippen molar-refractivity contribution in [1.29, 1.82) is 0 Å². The number of rotatable bonds is 5. The molecule has 0 saturated carbocycles. The molecule has 1 aliphatic heterocycles. The van der Waals surface area contributed by atoms with E-state index in [1.807, 2.05) is 0 Å². The van der Waals surface area contributed by atoms with Crippen molar-refractivity contribution in [3.63, 3.8) is 0 Å². The fraction of sp³-hybridized carbons (Fsp3) is 0.692. The minimum atomic E-state index is -0.120. The molecular weight excluding hydrogens is 276 g/mol. The molecular formula is C13H22N4O2S. The van der Waals surface area contributed by atoms with E-state index in [2.05, 4.69) is 29.0 Å². The molecule has 3 N–H and O–H groups in total. The molecule has 2 heterocycles. The van der Waals surface area contributed by atoms with Crippen LogP contribution < -0.4 is 16.0 Å². The van der Waals surface area contributed by atoms with E-state index in [4.69, 9.17) is 10.5 Å². The number of hydrogen-bond acceptors (Lipinski definition) is 6. The smallest absolute Gasteiger partial charge is 0.265 e. The summed E-state index contributed by atoms with van der Waals surface area (Å²) in [6, 6.07) is 0.176. The van der Waals surface area contributed by atoms with Gasteiger partial charge in [-0.1, -0.05) is 11.3 Å². The Morgan fingerprint density at radius 2 is 2.10 bits per heavy atom. The third-order valence-electron chi connectivity index (χ3n) is 3.44. The Labute approximate surface area is 123 Å². The molecule has 1 aliphatic rings. The van der Waals surface area contributed by atoms with E-state index in [1.54, 1.807) is 0 Å². The van der Waals surface area contributed by atoms with Crippen LogP contribution in [0.3, 0.4) is 0 Å². The Morgan fingerprint density at radius 1 is 1.45 bits per heavy atom. The number of nitrogens with one attached hydrogen (secondary N) is 1. The summed E-state index contributed by atoms with van der Waals surface area (Å²) in [6.07, 6.45) is 1.71. The lowest BCUT2D eigenvalue weighted by atomic mass is 10.1. The van der Waals surface area contributed by atoms with E-state index in [0.29, 0.717) is 23.9 Å². The van der Waals surface area contributed by atoms with Gasteiger partial charge in [0.15, 0.2) is 5.13 Å². The van der Waals surface area contributed by atoms with Gasteiger partial charge in [0, 0.05) is 32.3 Å². The first-order valence-corrected chi connectivity index (χ1v) is 7.87. The highest BCUT2D eigenvalue weighted by Gasteiger charge is 2.22. The van der Waals surface area contributed by atoms with Gasteiger partial charge in [0.25, 0.3) is 5.91 Å². The molecule has 1 amide bonds. The van der Waals surface area contributed by atoms with Crippen LogP contribution in [0, 0.1) is 0 Å². The van der Waals surface area contributed by atoms with Gasteiger partial charge in [-0.15, -0.1) is 0 Å². The molecule has 0 bridgehead atoms. The monoisotopic (exact) mass is 298 g/mol. The van der Waals surface area contributed by atoms with Crippen molar-refractivity contribution in [1.82, 2.24) is 10.3 Å². The zero-order valence-electron chi connectivity index (χ0n) is 12.0. The van der Waals surface area contributed by atoms with Gasteiger partial charge in [0.05, 0.1) is 0 Å². The topological polar surface area (TPSA) is 80.5 Å². The van der Waals surface area contributed by atoms with Gasteiger partial charge in [0.2, 0.25) is 0 Å². The molecule has 112 valence electrons. The van der Waals surface area contributed by atoms with Gasteiger partial charge in [-0.05, 0) is 26.7 Å². The highest BCUT2D eigenvalue weighted by Crippen LogP contribution is 2.28. The SMILES string of the molecule is CCN(CC)c1nc(N)c(C(=O)NC2CCOCC2)s1. The molecule has 0 atom stereocenters. The number of nitrogen functional groups attached to an aromatic ring is 1. The second-order valence-corrected chi connectivity index (χ2v) is 5.72.